The Hall–Kier alpha value is -1.46. The molecule has 0 aromatic carbocycles. The van der Waals surface area contributed by atoms with E-state index in [1.54, 1.807) is 18.6 Å². The van der Waals surface area contributed by atoms with Crippen molar-refractivity contribution in [3.8, 4) is 0 Å². The van der Waals surface area contributed by atoms with Crippen molar-refractivity contribution < 1.29 is 9.84 Å². The zero-order valence-corrected chi connectivity index (χ0v) is 9.99. The first kappa shape index (κ1) is 10.5. The lowest BCUT2D eigenvalue weighted by Gasteiger charge is -2.36. The van der Waals surface area contributed by atoms with Crippen molar-refractivity contribution >= 4 is 5.65 Å². The van der Waals surface area contributed by atoms with Gasteiger partial charge in [0.15, 0.2) is 5.65 Å². The Labute approximate surface area is 104 Å². The van der Waals surface area contributed by atoms with Crippen LogP contribution in [0, 0.1) is 0 Å². The minimum Gasteiger partial charge on any atom is -0.383 e. The number of hydrogen-bond acceptors (Lipinski definition) is 4. The van der Waals surface area contributed by atoms with Crippen molar-refractivity contribution in [1.29, 1.82) is 0 Å². The van der Waals surface area contributed by atoms with E-state index in [1.807, 2.05) is 10.6 Å². The normalized spacial score (nSPS) is 35.2. The predicted octanol–water partition coefficient (Wildman–Crippen LogP) is 1.26. The smallest absolute Gasteiger partial charge is 0.155 e. The molecule has 2 saturated heterocycles. The summed E-state index contributed by atoms with van der Waals surface area (Å²) in [6, 6.07) is 0. The van der Waals surface area contributed by atoms with E-state index in [4.69, 9.17) is 4.74 Å². The van der Waals surface area contributed by atoms with Gasteiger partial charge in [-0.2, -0.15) is 0 Å². The number of fused-ring (bicyclic) bond motifs is 3. The summed E-state index contributed by atoms with van der Waals surface area (Å²) in [7, 11) is 0. The molecule has 2 aliphatic heterocycles. The van der Waals surface area contributed by atoms with Gasteiger partial charge in [-0.3, -0.25) is 9.38 Å². The summed E-state index contributed by atoms with van der Waals surface area (Å²) in [6.07, 6.45) is 10.9. The molecule has 2 unspecified atom stereocenters. The van der Waals surface area contributed by atoms with Gasteiger partial charge in [-0.25, -0.2) is 4.98 Å². The number of hydrogen-bond donors (Lipinski definition) is 1. The Morgan fingerprint density at radius 3 is 2.83 bits per heavy atom. The average molecular weight is 245 g/mol. The zero-order chi connectivity index (χ0) is 12.2. The van der Waals surface area contributed by atoms with Crippen molar-refractivity contribution in [3.05, 3.63) is 30.5 Å². The van der Waals surface area contributed by atoms with Crippen LogP contribution in [0.15, 0.2) is 24.8 Å². The van der Waals surface area contributed by atoms with Crippen LogP contribution in [0.4, 0.5) is 0 Å². The highest BCUT2D eigenvalue weighted by Gasteiger charge is 2.46. The maximum Gasteiger partial charge on any atom is 0.155 e. The van der Waals surface area contributed by atoms with E-state index >= 15 is 0 Å². The van der Waals surface area contributed by atoms with Gasteiger partial charge < -0.3 is 9.84 Å². The van der Waals surface area contributed by atoms with Gasteiger partial charge in [-0.1, -0.05) is 0 Å². The molecule has 0 saturated carbocycles. The van der Waals surface area contributed by atoms with Gasteiger partial charge >= 0.3 is 0 Å². The van der Waals surface area contributed by atoms with Crippen LogP contribution in [0.5, 0.6) is 0 Å². The number of rotatable bonds is 1. The summed E-state index contributed by atoms with van der Waals surface area (Å²) in [5.41, 5.74) is 0.824. The Morgan fingerprint density at radius 1 is 1.28 bits per heavy atom. The van der Waals surface area contributed by atoms with Crippen LogP contribution in [-0.2, 0) is 10.3 Å². The molecule has 0 spiro atoms. The van der Waals surface area contributed by atoms with Crippen LogP contribution < -0.4 is 0 Å². The van der Waals surface area contributed by atoms with Crippen LogP contribution in [-0.4, -0.2) is 31.7 Å². The summed E-state index contributed by atoms with van der Waals surface area (Å²) >= 11 is 0. The quantitative estimate of drug-likeness (QED) is 0.821. The lowest BCUT2D eigenvalue weighted by Crippen LogP contribution is -2.39. The standard InChI is InChI=1S/C13H15N3O2/c17-13(5-9-1-2-10(6-13)18-9)11-7-15-12-8-14-3-4-16(11)12/h3-4,7-10,17H,1-2,5-6H2. The minimum absolute atomic E-state index is 0.195. The molecular weight excluding hydrogens is 230 g/mol. The Kier molecular flexibility index (Phi) is 2.05. The molecule has 1 N–H and O–H groups in total. The van der Waals surface area contributed by atoms with E-state index in [-0.39, 0.29) is 12.2 Å². The third-order valence-corrected chi connectivity index (χ3v) is 4.12. The third-order valence-electron chi connectivity index (χ3n) is 4.12. The summed E-state index contributed by atoms with van der Waals surface area (Å²) in [5, 5.41) is 10.9. The van der Waals surface area contributed by atoms with Crippen molar-refractivity contribution in [1.82, 2.24) is 14.4 Å². The molecule has 2 fully saturated rings. The van der Waals surface area contributed by atoms with Gasteiger partial charge in [-0.05, 0) is 12.8 Å². The van der Waals surface area contributed by atoms with E-state index in [0.717, 1.165) is 24.2 Å². The molecule has 2 aromatic heterocycles. The molecule has 0 radical (unpaired) electrons. The first-order valence-electron chi connectivity index (χ1n) is 6.40. The Balaban J connectivity index is 1.82. The highest BCUT2D eigenvalue weighted by molar-refractivity contribution is 5.38. The van der Waals surface area contributed by atoms with Gasteiger partial charge in [0, 0.05) is 25.2 Å². The summed E-state index contributed by atoms with van der Waals surface area (Å²) in [5.74, 6) is 0. The predicted molar refractivity (Wildman–Crippen MR) is 64.0 cm³/mol. The fourth-order valence-corrected chi connectivity index (χ4v) is 3.31. The van der Waals surface area contributed by atoms with E-state index in [2.05, 4.69) is 9.97 Å². The fourth-order valence-electron chi connectivity index (χ4n) is 3.31. The van der Waals surface area contributed by atoms with Gasteiger partial charge in [-0.15, -0.1) is 0 Å². The molecule has 2 atom stereocenters. The van der Waals surface area contributed by atoms with Crippen molar-refractivity contribution in [2.24, 2.45) is 0 Å². The van der Waals surface area contributed by atoms with Gasteiger partial charge in [0.25, 0.3) is 0 Å². The number of aliphatic hydroxyl groups is 1. The number of ether oxygens (including phenoxy) is 1. The van der Waals surface area contributed by atoms with E-state index in [9.17, 15) is 5.11 Å². The number of aromatic nitrogens is 3. The largest absolute Gasteiger partial charge is 0.383 e. The molecule has 5 nitrogen and oxygen atoms in total. The minimum atomic E-state index is -0.815. The topological polar surface area (TPSA) is 59.7 Å². The zero-order valence-electron chi connectivity index (χ0n) is 9.99. The number of imidazole rings is 1. The first-order valence-corrected chi connectivity index (χ1v) is 6.40. The van der Waals surface area contributed by atoms with Crippen molar-refractivity contribution in [2.75, 3.05) is 0 Å². The van der Waals surface area contributed by atoms with Crippen LogP contribution in [0.3, 0.4) is 0 Å². The Morgan fingerprint density at radius 2 is 2.06 bits per heavy atom. The summed E-state index contributed by atoms with van der Waals surface area (Å²) in [4.78, 5) is 8.36. The fraction of sp³-hybridized carbons (Fsp3) is 0.538. The molecule has 2 bridgehead atoms. The van der Waals surface area contributed by atoms with Crippen LogP contribution in [0.25, 0.3) is 5.65 Å². The second kappa shape index (κ2) is 3.52. The molecule has 5 heteroatoms. The lowest BCUT2D eigenvalue weighted by molar-refractivity contribution is -0.117. The van der Waals surface area contributed by atoms with E-state index in [0.29, 0.717) is 12.8 Å². The highest BCUT2D eigenvalue weighted by Crippen LogP contribution is 2.43. The summed E-state index contributed by atoms with van der Waals surface area (Å²) in [6.45, 7) is 0. The molecule has 4 heterocycles. The average Bonchev–Trinajstić information content (AvgIpc) is 2.93. The molecule has 2 aromatic rings. The number of nitrogens with zero attached hydrogens (tertiary/aromatic N) is 3. The van der Waals surface area contributed by atoms with Crippen LogP contribution in [0.1, 0.15) is 31.4 Å². The molecule has 94 valence electrons. The Bertz CT molecular complexity index is 583. The van der Waals surface area contributed by atoms with E-state index in [1.165, 1.54) is 0 Å². The first-order chi connectivity index (χ1) is 8.74. The summed E-state index contributed by atoms with van der Waals surface area (Å²) < 4.78 is 7.73. The third kappa shape index (κ3) is 1.41. The second-order valence-electron chi connectivity index (χ2n) is 5.35. The van der Waals surface area contributed by atoms with Crippen LogP contribution in [0.2, 0.25) is 0 Å². The maximum absolute atomic E-state index is 10.9. The molecular formula is C13H15N3O2. The van der Waals surface area contributed by atoms with Gasteiger partial charge in [0.05, 0.1) is 30.3 Å². The molecule has 2 aliphatic rings. The van der Waals surface area contributed by atoms with Crippen molar-refractivity contribution in [2.45, 2.75) is 43.5 Å². The van der Waals surface area contributed by atoms with E-state index < -0.39 is 5.60 Å². The molecule has 0 aliphatic carbocycles. The van der Waals surface area contributed by atoms with Crippen LogP contribution >= 0.6 is 0 Å². The molecule has 4 rings (SSSR count). The second-order valence-corrected chi connectivity index (χ2v) is 5.35. The monoisotopic (exact) mass is 245 g/mol. The molecule has 18 heavy (non-hydrogen) atoms. The molecule has 0 amide bonds. The highest BCUT2D eigenvalue weighted by atomic mass is 16.5. The SMILES string of the molecule is OC1(c2cnc3cnccn23)CC2CCC(C1)O2. The maximum atomic E-state index is 10.9. The van der Waals surface area contributed by atoms with Crippen molar-refractivity contribution in [3.63, 3.8) is 0 Å². The lowest BCUT2D eigenvalue weighted by atomic mass is 9.87. The van der Waals surface area contributed by atoms with Gasteiger partial charge in [0.1, 0.15) is 5.60 Å². The van der Waals surface area contributed by atoms with Gasteiger partial charge in [0.2, 0.25) is 0 Å².